The first kappa shape index (κ1) is 17.8. The molecule has 3 aromatic rings. The van der Waals surface area contributed by atoms with Gasteiger partial charge in [-0.25, -0.2) is 4.98 Å². The summed E-state index contributed by atoms with van der Waals surface area (Å²) in [5.41, 5.74) is 1.66. The molecule has 1 aromatic carbocycles. The van der Waals surface area contributed by atoms with Crippen LogP contribution in [-0.4, -0.2) is 35.4 Å². The number of oxazole rings is 1. The van der Waals surface area contributed by atoms with Crippen LogP contribution in [0.4, 0.5) is 0 Å². The van der Waals surface area contributed by atoms with Crippen LogP contribution in [0.25, 0.3) is 11.7 Å². The van der Waals surface area contributed by atoms with Crippen LogP contribution in [0.15, 0.2) is 51.5 Å². The zero-order valence-corrected chi connectivity index (χ0v) is 15.7. The van der Waals surface area contributed by atoms with E-state index in [4.69, 9.17) is 20.4 Å². The summed E-state index contributed by atoms with van der Waals surface area (Å²) >= 11 is 6.14. The summed E-state index contributed by atoms with van der Waals surface area (Å²) in [4.78, 5) is 19.4. The van der Waals surface area contributed by atoms with Gasteiger partial charge in [0.1, 0.15) is 5.76 Å². The van der Waals surface area contributed by atoms with Crippen molar-refractivity contribution in [3.63, 3.8) is 0 Å². The lowest BCUT2D eigenvalue weighted by molar-refractivity contribution is -0.133. The Bertz CT molecular complexity index is 936. The molecule has 0 bridgehead atoms. The van der Waals surface area contributed by atoms with Crippen molar-refractivity contribution in [1.82, 2.24) is 15.2 Å². The Labute approximate surface area is 162 Å². The second kappa shape index (κ2) is 7.58. The third kappa shape index (κ3) is 3.77. The SMILES string of the molecule is Cc1oc(-c2ccco2)nc1CC(=O)N1CCNCC1c1cccc(Cl)c1. The Kier molecular flexibility index (Phi) is 5.01. The minimum Gasteiger partial charge on any atom is -0.459 e. The van der Waals surface area contributed by atoms with E-state index < -0.39 is 0 Å². The number of carbonyl (C=O) groups excluding carboxylic acids is 1. The highest BCUT2D eigenvalue weighted by atomic mass is 35.5. The summed E-state index contributed by atoms with van der Waals surface area (Å²) in [5, 5.41) is 4.02. The van der Waals surface area contributed by atoms with E-state index in [9.17, 15) is 4.79 Å². The lowest BCUT2D eigenvalue weighted by atomic mass is 10.0. The Morgan fingerprint density at radius 3 is 3.04 bits per heavy atom. The molecule has 0 radical (unpaired) electrons. The summed E-state index contributed by atoms with van der Waals surface area (Å²) < 4.78 is 11.0. The van der Waals surface area contributed by atoms with Gasteiger partial charge in [-0.1, -0.05) is 23.7 Å². The maximum atomic E-state index is 13.0. The molecule has 3 heterocycles. The highest BCUT2D eigenvalue weighted by Crippen LogP contribution is 2.27. The first-order valence-corrected chi connectivity index (χ1v) is 9.25. The van der Waals surface area contributed by atoms with Gasteiger partial charge in [-0.3, -0.25) is 4.79 Å². The number of hydrogen-bond acceptors (Lipinski definition) is 5. The van der Waals surface area contributed by atoms with Gasteiger partial charge in [-0.05, 0) is 36.8 Å². The quantitative estimate of drug-likeness (QED) is 0.742. The topological polar surface area (TPSA) is 71.5 Å². The first-order valence-electron chi connectivity index (χ1n) is 8.87. The predicted octanol–water partition coefficient (Wildman–Crippen LogP) is 3.61. The van der Waals surface area contributed by atoms with Crippen molar-refractivity contribution < 1.29 is 13.6 Å². The van der Waals surface area contributed by atoms with Crippen LogP contribution in [0, 0.1) is 6.92 Å². The lowest BCUT2D eigenvalue weighted by Gasteiger charge is -2.36. The Balaban J connectivity index is 1.54. The van der Waals surface area contributed by atoms with Crippen molar-refractivity contribution in [1.29, 1.82) is 0 Å². The van der Waals surface area contributed by atoms with Crippen molar-refractivity contribution >= 4 is 17.5 Å². The third-order valence-electron chi connectivity index (χ3n) is 4.74. The molecule has 1 aliphatic heterocycles. The molecule has 1 aliphatic rings. The van der Waals surface area contributed by atoms with E-state index in [1.807, 2.05) is 36.1 Å². The van der Waals surface area contributed by atoms with Crippen LogP contribution in [0.5, 0.6) is 0 Å². The number of halogens is 1. The molecule has 27 heavy (non-hydrogen) atoms. The highest BCUT2D eigenvalue weighted by molar-refractivity contribution is 6.30. The smallest absolute Gasteiger partial charge is 0.263 e. The molecule has 1 saturated heterocycles. The average Bonchev–Trinajstić information content (AvgIpc) is 3.32. The molecule has 0 aliphatic carbocycles. The van der Waals surface area contributed by atoms with Crippen LogP contribution in [-0.2, 0) is 11.2 Å². The van der Waals surface area contributed by atoms with Gasteiger partial charge in [0.2, 0.25) is 5.91 Å². The molecular weight excluding hydrogens is 366 g/mol. The number of amides is 1. The predicted molar refractivity (Wildman–Crippen MR) is 101 cm³/mol. The molecule has 4 rings (SSSR count). The number of nitrogens with one attached hydrogen (secondary N) is 1. The number of hydrogen-bond donors (Lipinski definition) is 1. The molecule has 1 amide bonds. The molecule has 1 atom stereocenters. The largest absolute Gasteiger partial charge is 0.459 e. The standard InChI is InChI=1S/C20H20ClN3O3/c1-13-16(23-20(27-13)18-6-3-9-26-18)11-19(25)24-8-7-22-12-17(24)14-4-2-5-15(21)10-14/h2-6,9-10,17,22H,7-8,11-12H2,1H3. The van der Waals surface area contributed by atoms with Crippen molar-refractivity contribution in [2.24, 2.45) is 0 Å². The molecule has 6 nitrogen and oxygen atoms in total. The number of nitrogens with zero attached hydrogens (tertiary/aromatic N) is 2. The molecule has 7 heteroatoms. The fraction of sp³-hybridized carbons (Fsp3) is 0.300. The van der Waals surface area contributed by atoms with Gasteiger partial charge in [0.25, 0.3) is 5.89 Å². The third-order valence-corrected chi connectivity index (χ3v) is 4.98. The van der Waals surface area contributed by atoms with Crippen molar-refractivity contribution in [3.05, 3.63) is 64.7 Å². The van der Waals surface area contributed by atoms with E-state index in [1.165, 1.54) is 0 Å². The van der Waals surface area contributed by atoms with Gasteiger partial charge >= 0.3 is 0 Å². The zero-order valence-electron chi connectivity index (χ0n) is 14.9. The van der Waals surface area contributed by atoms with Crippen molar-refractivity contribution in [2.75, 3.05) is 19.6 Å². The normalized spacial score (nSPS) is 17.3. The molecule has 140 valence electrons. The maximum Gasteiger partial charge on any atom is 0.263 e. The number of aromatic nitrogens is 1. The fourth-order valence-electron chi connectivity index (χ4n) is 3.36. The first-order chi connectivity index (χ1) is 13.1. The second-order valence-electron chi connectivity index (χ2n) is 6.54. The average molecular weight is 386 g/mol. The molecular formula is C20H20ClN3O3. The summed E-state index contributed by atoms with van der Waals surface area (Å²) in [6.07, 6.45) is 1.75. The van der Waals surface area contributed by atoms with Crippen molar-refractivity contribution in [2.45, 2.75) is 19.4 Å². The van der Waals surface area contributed by atoms with Crippen LogP contribution in [0.3, 0.4) is 0 Å². The van der Waals surface area contributed by atoms with Crippen LogP contribution < -0.4 is 5.32 Å². The summed E-state index contributed by atoms with van der Waals surface area (Å²) in [6, 6.07) is 11.2. The fourth-order valence-corrected chi connectivity index (χ4v) is 3.56. The number of piperazine rings is 1. The zero-order chi connectivity index (χ0) is 18.8. The van der Waals surface area contributed by atoms with Gasteiger partial charge < -0.3 is 19.1 Å². The number of carbonyl (C=O) groups is 1. The minimum absolute atomic E-state index is 0.0175. The highest BCUT2D eigenvalue weighted by Gasteiger charge is 2.29. The molecule has 0 saturated carbocycles. The van der Waals surface area contributed by atoms with E-state index >= 15 is 0 Å². The maximum absolute atomic E-state index is 13.0. The van der Waals surface area contributed by atoms with E-state index in [2.05, 4.69) is 10.3 Å². The van der Waals surface area contributed by atoms with Gasteiger partial charge in [-0.15, -0.1) is 0 Å². The summed E-state index contributed by atoms with van der Waals surface area (Å²) in [7, 11) is 0. The van der Waals surface area contributed by atoms with Gasteiger partial charge in [-0.2, -0.15) is 0 Å². The lowest BCUT2D eigenvalue weighted by Crippen LogP contribution is -2.49. The van der Waals surface area contributed by atoms with Crippen LogP contribution in [0.1, 0.15) is 23.1 Å². The number of furan rings is 1. The Morgan fingerprint density at radius 1 is 1.37 bits per heavy atom. The summed E-state index contributed by atoms with van der Waals surface area (Å²) in [5.74, 6) is 1.59. The van der Waals surface area contributed by atoms with Gasteiger partial charge in [0, 0.05) is 24.7 Å². The summed E-state index contributed by atoms with van der Waals surface area (Å²) in [6.45, 7) is 3.91. The molecule has 0 spiro atoms. The van der Waals surface area contributed by atoms with E-state index in [0.717, 1.165) is 12.1 Å². The Hall–Kier alpha value is -2.57. The number of aryl methyl sites for hydroxylation is 1. The van der Waals surface area contributed by atoms with Crippen molar-refractivity contribution in [3.8, 4) is 11.7 Å². The van der Waals surface area contributed by atoms with E-state index in [0.29, 0.717) is 41.2 Å². The number of rotatable bonds is 4. The molecule has 1 N–H and O–H groups in total. The second-order valence-corrected chi connectivity index (χ2v) is 6.97. The minimum atomic E-state index is -0.0540. The van der Waals surface area contributed by atoms with Gasteiger partial charge in [0.05, 0.1) is 24.4 Å². The molecule has 1 unspecified atom stereocenters. The van der Waals surface area contributed by atoms with Gasteiger partial charge in [0.15, 0.2) is 5.76 Å². The number of benzene rings is 1. The van der Waals surface area contributed by atoms with Crippen LogP contribution >= 0.6 is 11.6 Å². The van der Waals surface area contributed by atoms with E-state index in [1.54, 1.807) is 18.4 Å². The molecule has 1 fully saturated rings. The molecule has 2 aromatic heterocycles. The van der Waals surface area contributed by atoms with E-state index in [-0.39, 0.29) is 18.4 Å². The van der Waals surface area contributed by atoms with Crippen LogP contribution in [0.2, 0.25) is 5.02 Å². The monoisotopic (exact) mass is 385 g/mol. The Morgan fingerprint density at radius 2 is 2.26 bits per heavy atom.